The third kappa shape index (κ3) is 5.27. The van der Waals surface area contributed by atoms with Crippen LogP contribution in [-0.2, 0) is 22.6 Å². The number of ether oxygens (including phenoxy) is 1. The largest absolute Gasteiger partial charge is 0.487 e. The van der Waals surface area contributed by atoms with Gasteiger partial charge in [0, 0.05) is 5.56 Å². The molecule has 182 valence electrons. The van der Waals surface area contributed by atoms with Crippen LogP contribution in [0.15, 0.2) is 83.4 Å². The van der Waals surface area contributed by atoms with Gasteiger partial charge in [0.05, 0.1) is 10.2 Å². The van der Waals surface area contributed by atoms with Crippen molar-refractivity contribution in [2.75, 3.05) is 4.90 Å². The van der Waals surface area contributed by atoms with Gasteiger partial charge in [-0.05, 0) is 82.1 Å². The number of carbonyl (C=O) groups excluding carboxylic acids is 2. The van der Waals surface area contributed by atoms with Crippen molar-refractivity contribution in [3.05, 3.63) is 112 Å². The maximum Gasteiger partial charge on any atom is 0.270 e. The third-order valence-corrected chi connectivity index (χ3v) is 6.22. The number of halogens is 3. The first kappa shape index (κ1) is 25.4. The van der Waals surface area contributed by atoms with Crippen LogP contribution in [0, 0.1) is 11.6 Å². The minimum atomic E-state index is -0.755. The van der Waals surface area contributed by atoms with Crippen LogP contribution in [0.4, 0.5) is 14.5 Å². The van der Waals surface area contributed by atoms with Crippen LogP contribution in [0.1, 0.15) is 16.7 Å². The Labute approximate surface area is 220 Å². The summed E-state index contributed by atoms with van der Waals surface area (Å²) >= 11 is 8.60. The lowest BCUT2D eigenvalue weighted by Crippen LogP contribution is -2.54. The Kier molecular flexibility index (Phi) is 7.71. The lowest BCUT2D eigenvalue weighted by molar-refractivity contribution is -0.122. The summed E-state index contributed by atoms with van der Waals surface area (Å²) in [5.74, 6) is -2.00. The van der Waals surface area contributed by atoms with E-state index in [0.717, 1.165) is 4.90 Å². The Morgan fingerprint density at radius 2 is 1.72 bits per heavy atom. The van der Waals surface area contributed by atoms with Crippen molar-refractivity contribution in [1.82, 2.24) is 5.32 Å². The van der Waals surface area contributed by atoms with E-state index in [2.05, 4.69) is 27.8 Å². The fourth-order valence-corrected chi connectivity index (χ4v) is 4.57. The van der Waals surface area contributed by atoms with Crippen molar-refractivity contribution in [2.24, 2.45) is 0 Å². The molecule has 1 aliphatic rings. The molecule has 0 atom stereocenters. The van der Waals surface area contributed by atoms with E-state index in [9.17, 15) is 18.4 Å². The summed E-state index contributed by atoms with van der Waals surface area (Å²) in [5.41, 5.74) is 1.32. The molecule has 0 aliphatic carbocycles. The van der Waals surface area contributed by atoms with Crippen LogP contribution < -0.4 is 15.0 Å². The van der Waals surface area contributed by atoms with Gasteiger partial charge >= 0.3 is 0 Å². The summed E-state index contributed by atoms with van der Waals surface area (Å²) in [4.78, 5) is 26.8. The van der Waals surface area contributed by atoms with Crippen LogP contribution in [-0.4, -0.2) is 16.9 Å². The standard InChI is InChI=1S/C27H19BrF2N2O3S/c1-2-7-17-12-16(14-20(28)24(17)35-15-18-8-3-4-9-21(18)29)13-19-25(33)31-27(36)32(26(19)34)23-11-6-5-10-22(23)30/h2-6,8-14H,1,7,15H2,(H,31,33,36)/b19-13+. The second-order valence-electron chi connectivity index (χ2n) is 7.77. The first-order chi connectivity index (χ1) is 17.3. The molecule has 1 saturated heterocycles. The van der Waals surface area contributed by atoms with Crippen LogP contribution in [0.2, 0.25) is 0 Å². The molecule has 3 aromatic carbocycles. The van der Waals surface area contributed by atoms with E-state index < -0.39 is 17.6 Å². The topological polar surface area (TPSA) is 58.6 Å². The zero-order valence-electron chi connectivity index (χ0n) is 18.8. The SMILES string of the molecule is C=CCc1cc(/C=C2\C(=O)NC(=S)N(c3ccccc3F)C2=O)cc(Br)c1OCc1ccccc1F. The number of nitrogens with zero attached hydrogens (tertiary/aromatic N) is 1. The van der Waals surface area contributed by atoms with Crippen molar-refractivity contribution in [3.8, 4) is 5.75 Å². The highest BCUT2D eigenvalue weighted by Gasteiger charge is 2.35. The quantitative estimate of drug-likeness (QED) is 0.168. The van der Waals surface area contributed by atoms with E-state index in [4.69, 9.17) is 17.0 Å². The van der Waals surface area contributed by atoms with Crippen molar-refractivity contribution in [3.63, 3.8) is 0 Å². The summed E-state index contributed by atoms with van der Waals surface area (Å²) in [6.45, 7) is 3.77. The number of thiocarbonyl (C=S) groups is 1. The van der Waals surface area contributed by atoms with Crippen molar-refractivity contribution >= 4 is 56.8 Å². The van der Waals surface area contributed by atoms with Gasteiger partial charge in [-0.2, -0.15) is 0 Å². The smallest absolute Gasteiger partial charge is 0.270 e. The van der Waals surface area contributed by atoms with E-state index in [0.29, 0.717) is 33.3 Å². The van der Waals surface area contributed by atoms with Gasteiger partial charge in [-0.1, -0.05) is 36.4 Å². The highest BCUT2D eigenvalue weighted by molar-refractivity contribution is 9.10. The van der Waals surface area contributed by atoms with Gasteiger partial charge in [-0.3, -0.25) is 14.9 Å². The predicted molar refractivity (Wildman–Crippen MR) is 141 cm³/mol. The molecule has 0 spiro atoms. The molecule has 0 radical (unpaired) electrons. The molecule has 0 bridgehead atoms. The number of nitrogens with one attached hydrogen (secondary N) is 1. The molecule has 2 amide bonds. The fourth-order valence-electron chi connectivity index (χ4n) is 3.67. The number of hydrogen-bond acceptors (Lipinski definition) is 4. The van der Waals surface area contributed by atoms with Crippen LogP contribution in [0.25, 0.3) is 6.08 Å². The Balaban J connectivity index is 1.69. The number of benzene rings is 3. The molecule has 0 saturated carbocycles. The summed E-state index contributed by atoms with van der Waals surface area (Å²) in [6.07, 6.45) is 3.48. The Hall–Kier alpha value is -3.69. The zero-order valence-corrected chi connectivity index (χ0v) is 21.2. The molecule has 5 nitrogen and oxygen atoms in total. The average Bonchev–Trinajstić information content (AvgIpc) is 2.83. The van der Waals surface area contributed by atoms with E-state index in [1.807, 2.05) is 0 Å². The van der Waals surface area contributed by atoms with Gasteiger partial charge in [0.1, 0.15) is 29.6 Å². The molecule has 1 heterocycles. The maximum atomic E-state index is 14.4. The normalized spacial score (nSPS) is 14.7. The summed E-state index contributed by atoms with van der Waals surface area (Å²) < 4.78 is 34.9. The van der Waals surface area contributed by atoms with Gasteiger partial charge in [-0.15, -0.1) is 6.58 Å². The predicted octanol–water partition coefficient (Wildman–Crippen LogP) is 5.87. The Bertz CT molecular complexity index is 1420. The summed E-state index contributed by atoms with van der Waals surface area (Å²) in [6, 6.07) is 15.4. The zero-order chi connectivity index (χ0) is 25.8. The number of para-hydroxylation sites is 1. The van der Waals surface area contributed by atoms with Crippen LogP contribution >= 0.6 is 28.1 Å². The molecule has 1 N–H and O–H groups in total. The Morgan fingerprint density at radius 1 is 1.03 bits per heavy atom. The first-order valence-electron chi connectivity index (χ1n) is 10.8. The molecular weight excluding hydrogens is 550 g/mol. The number of carbonyl (C=O) groups is 2. The van der Waals surface area contributed by atoms with E-state index in [-0.39, 0.29) is 28.8 Å². The number of anilines is 1. The van der Waals surface area contributed by atoms with Gasteiger partial charge in [0.25, 0.3) is 11.8 Å². The molecule has 9 heteroatoms. The molecule has 36 heavy (non-hydrogen) atoms. The van der Waals surface area contributed by atoms with Crippen LogP contribution in [0.3, 0.4) is 0 Å². The Morgan fingerprint density at radius 3 is 2.42 bits per heavy atom. The summed E-state index contributed by atoms with van der Waals surface area (Å²) in [7, 11) is 0. The van der Waals surface area contributed by atoms with Crippen LogP contribution in [0.5, 0.6) is 5.75 Å². The van der Waals surface area contributed by atoms with E-state index in [1.54, 1.807) is 42.5 Å². The van der Waals surface area contributed by atoms with Gasteiger partial charge in [0.15, 0.2) is 5.11 Å². The van der Waals surface area contributed by atoms with Gasteiger partial charge in [0.2, 0.25) is 0 Å². The molecular formula is C27H19BrF2N2O3S. The number of hydrogen-bond donors (Lipinski definition) is 1. The monoisotopic (exact) mass is 568 g/mol. The number of allylic oxidation sites excluding steroid dienone is 1. The van der Waals surface area contributed by atoms with E-state index >= 15 is 0 Å². The third-order valence-electron chi connectivity index (χ3n) is 5.34. The fraction of sp³-hybridized carbons (Fsp3) is 0.0741. The van der Waals surface area contributed by atoms with E-state index in [1.165, 1.54) is 30.3 Å². The second-order valence-corrected chi connectivity index (χ2v) is 9.01. The minimum absolute atomic E-state index is 0.00574. The molecule has 3 aromatic rings. The second kappa shape index (κ2) is 10.9. The highest BCUT2D eigenvalue weighted by Crippen LogP contribution is 2.34. The highest BCUT2D eigenvalue weighted by atomic mass is 79.9. The first-order valence-corrected chi connectivity index (χ1v) is 12.0. The molecule has 0 unspecified atom stereocenters. The molecule has 0 aromatic heterocycles. The van der Waals surface area contributed by atoms with Crippen molar-refractivity contribution < 1.29 is 23.1 Å². The lowest BCUT2D eigenvalue weighted by Gasteiger charge is -2.29. The molecule has 1 aliphatic heterocycles. The van der Waals surface area contributed by atoms with Crippen molar-refractivity contribution in [1.29, 1.82) is 0 Å². The minimum Gasteiger partial charge on any atom is -0.487 e. The number of amides is 2. The average molecular weight is 569 g/mol. The van der Waals surface area contributed by atoms with Gasteiger partial charge < -0.3 is 4.74 Å². The number of rotatable bonds is 7. The lowest BCUT2D eigenvalue weighted by atomic mass is 10.0. The van der Waals surface area contributed by atoms with Gasteiger partial charge in [-0.25, -0.2) is 13.7 Å². The molecule has 4 rings (SSSR count). The maximum absolute atomic E-state index is 14.4. The molecule has 1 fully saturated rings. The van der Waals surface area contributed by atoms with Crippen molar-refractivity contribution in [2.45, 2.75) is 13.0 Å². The summed E-state index contributed by atoms with van der Waals surface area (Å²) in [5, 5.41) is 2.23.